The number of carbonyl (C=O) groups excluding carboxylic acids is 2. The predicted molar refractivity (Wildman–Crippen MR) is 152 cm³/mol. The summed E-state index contributed by atoms with van der Waals surface area (Å²) in [6, 6.07) is 20.9. The molecule has 0 atom stereocenters. The number of amides is 2. The van der Waals surface area contributed by atoms with Crippen LogP contribution in [0.5, 0.6) is 17.2 Å². The van der Waals surface area contributed by atoms with Gasteiger partial charge in [0.1, 0.15) is 5.75 Å². The molecule has 0 spiro atoms. The molecule has 0 saturated carbocycles. The van der Waals surface area contributed by atoms with Crippen LogP contribution in [0.15, 0.2) is 66.7 Å². The molecule has 2 amide bonds. The molecule has 8 nitrogen and oxygen atoms in total. The van der Waals surface area contributed by atoms with Crippen LogP contribution in [0.4, 0.5) is 5.69 Å². The molecule has 0 radical (unpaired) electrons. The topological polar surface area (TPSA) is 89.1 Å². The molecular weight excluding hydrogens is 494 g/mol. The maximum absolute atomic E-state index is 13.1. The molecule has 206 valence electrons. The Morgan fingerprint density at radius 1 is 0.846 bits per heavy atom. The Kier molecular flexibility index (Phi) is 9.80. The molecule has 0 bridgehead atoms. The summed E-state index contributed by atoms with van der Waals surface area (Å²) in [7, 11) is 4.87. The van der Waals surface area contributed by atoms with Crippen molar-refractivity contribution in [2.45, 2.75) is 25.8 Å². The maximum Gasteiger partial charge on any atom is 0.253 e. The summed E-state index contributed by atoms with van der Waals surface area (Å²) < 4.78 is 16.0. The van der Waals surface area contributed by atoms with Gasteiger partial charge in [-0.05, 0) is 79.9 Å². The molecule has 1 saturated heterocycles. The van der Waals surface area contributed by atoms with Crippen LogP contribution in [-0.2, 0) is 17.8 Å². The zero-order chi connectivity index (χ0) is 27.6. The number of methoxy groups -OCH3 is 3. The first-order valence-corrected chi connectivity index (χ1v) is 13.2. The van der Waals surface area contributed by atoms with Crippen molar-refractivity contribution in [3.8, 4) is 17.2 Å². The van der Waals surface area contributed by atoms with Gasteiger partial charge in [-0.3, -0.25) is 14.5 Å². The van der Waals surface area contributed by atoms with E-state index in [0.717, 1.165) is 43.8 Å². The van der Waals surface area contributed by atoms with Gasteiger partial charge in [-0.15, -0.1) is 0 Å². The van der Waals surface area contributed by atoms with Gasteiger partial charge in [-0.1, -0.05) is 30.3 Å². The zero-order valence-corrected chi connectivity index (χ0v) is 22.9. The summed E-state index contributed by atoms with van der Waals surface area (Å²) in [5.41, 5.74) is 3.20. The molecule has 1 fully saturated rings. The van der Waals surface area contributed by atoms with Crippen LogP contribution in [0.25, 0.3) is 0 Å². The molecule has 1 aliphatic heterocycles. The fourth-order valence-corrected chi connectivity index (χ4v) is 4.86. The Morgan fingerprint density at radius 2 is 1.62 bits per heavy atom. The molecule has 4 rings (SSSR count). The van der Waals surface area contributed by atoms with Gasteiger partial charge in [0, 0.05) is 19.0 Å². The highest BCUT2D eigenvalue weighted by molar-refractivity contribution is 6.04. The Hall–Kier alpha value is -4.04. The SMILES string of the molecule is COc1cccc(CN2CCC(C(=O)Nc3ccccc3C(=O)NCCc3ccc(OC)c(OC)c3)CC2)c1. The minimum absolute atomic E-state index is 0.0402. The van der Waals surface area contributed by atoms with Crippen LogP contribution < -0.4 is 24.8 Å². The fourth-order valence-electron chi connectivity index (χ4n) is 4.86. The van der Waals surface area contributed by atoms with E-state index in [1.165, 1.54) is 5.56 Å². The molecule has 1 aliphatic rings. The number of nitrogens with one attached hydrogen (secondary N) is 2. The van der Waals surface area contributed by atoms with Crippen molar-refractivity contribution in [1.29, 1.82) is 0 Å². The van der Waals surface area contributed by atoms with Crippen LogP contribution in [-0.4, -0.2) is 57.7 Å². The highest BCUT2D eigenvalue weighted by Gasteiger charge is 2.26. The third-order valence-corrected chi connectivity index (χ3v) is 7.08. The highest BCUT2D eigenvalue weighted by Crippen LogP contribution is 2.28. The van der Waals surface area contributed by atoms with Crippen LogP contribution in [0.1, 0.15) is 34.3 Å². The van der Waals surface area contributed by atoms with Crippen LogP contribution in [0.2, 0.25) is 0 Å². The Labute approximate surface area is 230 Å². The van der Waals surface area contributed by atoms with Crippen molar-refractivity contribution >= 4 is 17.5 Å². The van der Waals surface area contributed by atoms with Crippen LogP contribution in [0.3, 0.4) is 0 Å². The van der Waals surface area contributed by atoms with Gasteiger partial charge >= 0.3 is 0 Å². The van der Waals surface area contributed by atoms with Gasteiger partial charge in [0.05, 0.1) is 32.6 Å². The number of benzene rings is 3. The number of nitrogens with zero attached hydrogens (tertiary/aromatic N) is 1. The van der Waals surface area contributed by atoms with E-state index in [0.29, 0.717) is 35.7 Å². The second-order valence-corrected chi connectivity index (χ2v) is 9.63. The standard InChI is InChI=1S/C31H37N3O5/c1-37-25-8-6-7-23(19-25)21-34-17-14-24(15-18-34)30(35)33-27-10-5-4-9-26(27)31(36)32-16-13-22-11-12-28(38-2)29(20-22)39-3/h4-12,19-20,24H,13-18,21H2,1-3H3,(H,32,36)(H,33,35). The van der Waals surface area contributed by atoms with Gasteiger partial charge in [0.15, 0.2) is 11.5 Å². The number of piperidine rings is 1. The molecular formula is C31H37N3O5. The lowest BCUT2D eigenvalue weighted by Crippen LogP contribution is -2.38. The lowest BCUT2D eigenvalue weighted by atomic mass is 9.95. The number of ether oxygens (including phenoxy) is 3. The van der Waals surface area contributed by atoms with E-state index >= 15 is 0 Å². The van der Waals surface area contributed by atoms with Crippen molar-refractivity contribution in [3.05, 3.63) is 83.4 Å². The minimum atomic E-state index is -0.223. The Balaban J connectivity index is 1.28. The molecule has 39 heavy (non-hydrogen) atoms. The number of anilines is 1. The number of para-hydroxylation sites is 1. The zero-order valence-electron chi connectivity index (χ0n) is 22.9. The lowest BCUT2D eigenvalue weighted by molar-refractivity contribution is -0.121. The smallest absolute Gasteiger partial charge is 0.253 e. The largest absolute Gasteiger partial charge is 0.497 e. The molecule has 2 N–H and O–H groups in total. The van der Waals surface area contributed by atoms with Gasteiger partial charge in [-0.25, -0.2) is 0 Å². The summed E-state index contributed by atoms with van der Waals surface area (Å²) in [5, 5.41) is 5.98. The molecule has 1 heterocycles. The molecule has 8 heteroatoms. The van der Waals surface area contributed by atoms with Crippen molar-refractivity contribution in [3.63, 3.8) is 0 Å². The first-order valence-electron chi connectivity index (χ1n) is 13.2. The monoisotopic (exact) mass is 531 g/mol. The maximum atomic E-state index is 13.1. The minimum Gasteiger partial charge on any atom is -0.497 e. The summed E-state index contributed by atoms with van der Waals surface area (Å²) in [6.07, 6.45) is 2.18. The number of rotatable bonds is 11. The number of likely N-dealkylation sites (tertiary alicyclic amines) is 1. The van der Waals surface area contributed by atoms with Gasteiger partial charge < -0.3 is 24.8 Å². The van der Waals surface area contributed by atoms with Crippen LogP contribution >= 0.6 is 0 Å². The van der Waals surface area contributed by atoms with E-state index in [1.54, 1.807) is 39.5 Å². The normalized spacial score (nSPS) is 13.9. The third kappa shape index (κ3) is 7.51. The van der Waals surface area contributed by atoms with Crippen molar-refractivity contribution in [2.24, 2.45) is 5.92 Å². The van der Waals surface area contributed by atoms with Crippen LogP contribution in [0, 0.1) is 5.92 Å². The Morgan fingerprint density at radius 3 is 2.36 bits per heavy atom. The number of hydrogen-bond acceptors (Lipinski definition) is 6. The molecule has 3 aromatic carbocycles. The highest BCUT2D eigenvalue weighted by atomic mass is 16.5. The molecule has 0 aromatic heterocycles. The van der Waals surface area contributed by atoms with E-state index < -0.39 is 0 Å². The lowest BCUT2D eigenvalue weighted by Gasteiger charge is -2.31. The molecule has 0 unspecified atom stereocenters. The predicted octanol–water partition coefficient (Wildman–Crippen LogP) is 4.54. The average molecular weight is 532 g/mol. The van der Waals surface area contributed by atoms with Crippen molar-refractivity contribution < 1.29 is 23.8 Å². The summed E-state index contributed by atoms with van der Waals surface area (Å²) in [6.45, 7) is 2.96. The Bertz CT molecular complexity index is 1270. The molecule has 0 aliphatic carbocycles. The van der Waals surface area contributed by atoms with E-state index in [9.17, 15) is 9.59 Å². The first-order chi connectivity index (χ1) is 19.0. The second kappa shape index (κ2) is 13.7. The van der Waals surface area contributed by atoms with Gasteiger partial charge in [0.25, 0.3) is 5.91 Å². The summed E-state index contributed by atoms with van der Waals surface area (Å²) in [5.74, 6) is 1.82. The summed E-state index contributed by atoms with van der Waals surface area (Å²) in [4.78, 5) is 28.4. The number of carbonyl (C=O) groups is 2. The van der Waals surface area contributed by atoms with E-state index in [4.69, 9.17) is 14.2 Å². The van der Waals surface area contributed by atoms with E-state index in [-0.39, 0.29) is 17.7 Å². The fraction of sp³-hybridized carbons (Fsp3) is 0.355. The van der Waals surface area contributed by atoms with E-state index in [2.05, 4.69) is 27.7 Å². The average Bonchev–Trinajstić information content (AvgIpc) is 2.97. The van der Waals surface area contributed by atoms with Crippen molar-refractivity contribution in [1.82, 2.24) is 10.2 Å². The molecule has 3 aromatic rings. The third-order valence-electron chi connectivity index (χ3n) is 7.08. The summed E-state index contributed by atoms with van der Waals surface area (Å²) >= 11 is 0. The quantitative estimate of drug-likeness (QED) is 0.378. The first kappa shape index (κ1) is 28.0. The second-order valence-electron chi connectivity index (χ2n) is 9.63. The number of hydrogen-bond donors (Lipinski definition) is 2. The van der Waals surface area contributed by atoms with Crippen molar-refractivity contribution in [2.75, 3.05) is 46.3 Å². The van der Waals surface area contributed by atoms with E-state index in [1.807, 2.05) is 36.4 Å². The van der Waals surface area contributed by atoms with Gasteiger partial charge in [0.2, 0.25) is 5.91 Å². The van der Waals surface area contributed by atoms with Gasteiger partial charge in [-0.2, -0.15) is 0 Å².